The van der Waals surface area contributed by atoms with Gasteiger partial charge in [-0.05, 0) is 44.9 Å². The highest BCUT2D eigenvalue weighted by molar-refractivity contribution is 5.95. The summed E-state index contributed by atoms with van der Waals surface area (Å²) in [6, 6.07) is 1.78. The van der Waals surface area contributed by atoms with Gasteiger partial charge >= 0.3 is 0 Å². The molecule has 0 radical (unpaired) electrons. The van der Waals surface area contributed by atoms with Crippen LogP contribution in [0.15, 0.2) is 12.4 Å². The van der Waals surface area contributed by atoms with E-state index in [1.165, 1.54) is 44.1 Å². The number of amides is 1. The third-order valence-electron chi connectivity index (χ3n) is 7.28. The molecule has 0 aromatic carbocycles. The van der Waals surface area contributed by atoms with E-state index >= 15 is 0 Å². The molecule has 11 heteroatoms. The van der Waals surface area contributed by atoms with Crippen molar-refractivity contribution in [3.8, 4) is 0 Å². The molecular formula is C23H30N10O. The fourth-order valence-corrected chi connectivity index (χ4v) is 5.54. The zero-order valence-corrected chi connectivity index (χ0v) is 19.2. The van der Waals surface area contributed by atoms with Crippen LogP contribution in [0.25, 0.3) is 0 Å². The Morgan fingerprint density at radius 2 is 1.94 bits per heavy atom. The Morgan fingerprint density at radius 1 is 1.03 bits per heavy atom. The SMILES string of the molecule is O=C(Nc1ncn[nH]1)[C@@H]1CCCN1c1nc2c(c(Nc3cc(C4CCCCC4)[nH]n3)n1)CCC2. The Morgan fingerprint density at radius 3 is 2.79 bits per heavy atom. The second-order valence-corrected chi connectivity index (χ2v) is 9.49. The normalized spacial score (nSPS) is 20.5. The van der Waals surface area contributed by atoms with Crippen molar-refractivity contribution in [1.82, 2.24) is 35.3 Å². The van der Waals surface area contributed by atoms with Crippen molar-refractivity contribution in [2.24, 2.45) is 0 Å². The van der Waals surface area contributed by atoms with Crippen molar-refractivity contribution in [2.45, 2.75) is 76.2 Å². The first-order chi connectivity index (χ1) is 16.7. The van der Waals surface area contributed by atoms with Crippen LogP contribution in [0.4, 0.5) is 23.5 Å². The Balaban J connectivity index is 1.24. The molecule has 2 aliphatic carbocycles. The van der Waals surface area contributed by atoms with Gasteiger partial charge in [0.2, 0.25) is 17.8 Å². The molecule has 3 aliphatic rings. The summed E-state index contributed by atoms with van der Waals surface area (Å²) in [6.45, 7) is 0.737. The number of hydrogen-bond acceptors (Lipinski definition) is 8. The van der Waals surface area contributed by atoms with E-state index in [-0.39, 0.29) is 11.9 Å². The third kappa shape index (κ3) is 4.10. The van der Waals surface area contributed by atoms with Crippen molar-refractivity contribution in [3.63, 3.8) is 0 Å². The Bertz CT molecular complexity index is 1150. The molecule has 1 amide bonds. The number of anilines is 4. The molecule has 0 unspecified atom stereocenters. The summed E-state index contributed by atoms with van der Waals surface area (Å²) in [7, 11) is 0. The molecule has 1 aliphatic heterocycles. The van der Waals surface area contributed by atoms with E-state index in [0.717, 1.165) is 61.5 Å². The number of rotatable bonds is 6. The number of aromatic nitrogens is 7. The minimum atomic E-state index is -0.347. The summed E-state index contributed by atoms with van der Waals surface area (Å²) in [5, 5.41) is 20.5. The molecule has 1 saturated heterocycles. The highest BCUT2D eigenvalue weighted by Crippen LogP contribution is 2.35. The third-order valence-corrected chi connectivity index (χ3v) is 7.28. The average Bonchev–Trinajstić information content (AvgIpc) is 3.67. The molecule has 1 saturated carbocycles. The van der Waals surface area contributed by atoms with Crippen molar-refractivity contribution >= 4 is 29.4 Å². The monoisotopic (exact) mass is 462 g/mol. The van der Waals surface area contributed by atoms with Crippen LogP contribution in [0.1, 0.15) is 74.2 Å². The molecule has 34 heavy (non-hydrogen) atoms. The van der Waals surface area contributed by atoms with Crippen molar-refractivity contribution in [3.05, 3.63) is 29.3 Å². The van der Waals surface area contributed by atoms with Crippen LogP contribution in [0.5, 0.6) is 0 Å². The molecule has 4 N–H and O–H groups in total. The van der Waals surface area contributed by atoms with Gasteiger partial charge in [-0.3, -0.25) is 15.2 Å². The van der Waals surface area contributed by atoms with Crippen LogP contribution in [0, 0.1) is 0 Å². The summed E-state index contributed by atoms with van der Waals surface area (Å²) >= 11 is 0. The molecule has 1 atom stereocenters. The summed E-state index contributed by atoms with van der Waals surface area (Å²) in [6.07, 6.45) is 12.3. The molecule has 11 nitrogen and oxygen atoms in total. The predicted molar refractivity (Wildman–Crippen MR) is 127 cm³/mol. The lowest BCUT2D eigenvalue weighted by atomic mass is 9.87. The Hall–Kier alpha value is -3.50. The molecule has 6 rings (SSSR count). The quantitative estimate of drug-likeness (QED) is 0.438. The summed E-state index contributed by atoms with van der Waals surface area (Å²) in [5.41, 5.74) is 3.43. The topological polar surface area (TPSA) is 140 Å². The highest BCUT2D eigenvalue weighted by atomic mass is 16.2. The van der Waals surface area contributed by atoms with Crippen LogP contribution in [0.3, 0.4) is 0 Å². The second-order valence-electron chi connectivity index (χ2n) is 9.49. The molecule has 0 spiro atoms. The zero-order valence-electron chi connectivity index (χ0n) is 19.2. The Kier molecular flexibility index (Phi) is 5.60. The lowest BCUT2D eigenvalue weighted by Gasteiger charge is -2.24. The number of carbonyl (C=O) groups is 1. The van der Waals surface area contributed by atoms with E-state index in [9.17, 15) is 4.79 Å². The van der Waals surface area contributed by atoms with Gasteiger partial charge in [-0.2, -0.15) is 20.2 Å². The number of aromatic amines is 2. The van der Waals surface area contributed by atoms with E-state index < -0.39 is 0 Å². The fraction of sp³-hybridized carbons (Fsp3) is 0.565. The smallest absolute Gasteiger partial charge is 0.249 e. The van der Waals surface area contributed by atoms with Crippen molar-refractivity contribution in [1.29, 1.82) is 0 Å². The minimum Gasteiger partial charge on any atom is -0.329 e. The lowest BCUT2D eigenvalue weighted by molar-refractivity contribution is -0.117. The van der Waals surface area contributed by atoms with Gasteiger partial charge < -0.3 is 10.2 Å². The first-order valence-electron chi connectivity index (χ1n) is 12.4. The van der Waals surface area contributed by atoms with Crippen LogP contribution in [-0.2, 0) is 17.6 Å². The lowest BCUT2D eigenvalue weighted by Crippen LogP contribution is -2.41. The zero-order chi connectivity index (χ0) is 22.9. The first-order valence-corrected chi connectivity index (χ1v) is 12.4. The fourth-order valence-electron chi connectivity index (χ4n) is 5.54. The number of nitrogens with one attached hydrogen (secondary N) is 4. The maximum atomic E-state index is 12.9. The molecule has 0 bridgehead atoms. The molecule has 3 aromatic heterocycles. The number of aryl methyl sites for hydroxylation is 1. The van der Waals surface area contributed by atoms with Crippen LogP contribution >= 0.6 is 0 Å². The predicted octanol–water partition coefficient (Wildman–Crippen LogP) is 3.21. The van der Waals surface area contributed by atoms with Crippen molar-refractivity contribution in [2.75, 3.05) is 22.1 Å². The number of hydrogen-bond donors (Lipinski definition) is 4. The van der Waals surface area contributed by atoms with Gasteiger partial charge in [0.1, 0.15) is 18.2 Å². The van der Waals surface area contributed by atoms with Gasteiger partial charge in [0.15, 0.2) is 5.82 Å². The van der Waals surface area contributed by atoms with Gasteiger partial charge in [0, 0.05) is 29.8 Å². The first kappa shape index (κ1) is 21.1. The maximum absolute atomic E-state index is 12.9. The molecule has 2 fully saturated rings. The summed E-state index contributed by atoms with van der Waals surface area (Å²) in [5.74, 6) is 2.98. The number of carbonyl (C=O) groups excluding carboxylic acids is 1. The molecular weight excluding hydrogens is 432 g/mol. The van der Waals surface area contributed by atoms with E-state index in [2.05, 4.69) is 42.1 Å². The van der Waals surface area contributed by atoms with E-state index in [0.29, 0.717) is 17.8 Å². The molecule has 4 heterocycles. The van der Waals surface area contributed by atoms with E-state index in [1.807, 2.05) is 4.90 Å². The Labute approximate surface area is 197 Å². The largest absolute Gasteiger partial charge is 0.329 e. The summed E-state index contributed by atoms with van der Waals surface area (Å²) < 4.78 is 0. The van der Waals surface area contributed by atoms with E-state index in [4.69, 9.17) is 9.97 Å². The standard InChI is InChI=1S/C23H30N10O/c34-21(29-22-24-13-25-32-22)18-10-5-11-33(18)23-26-16-9-4-8-15(16)20(28-23)27-19-12-17(30-31-19)14-6-2-1-3-7-14/h12-14,18H,1-11H2,(H2,24,25,29,32,34)(H2,26,27,28,30,31)/t18-/m0/s1. The van der Waals surface area contributed by atoms with Crippen LogP contribution < -0.4 is 15.5 Å². The van der Waals surface area contributed by atoms with Gasteiger partial charge in [-0.1, -0.05) is 19.3 Å². The number of H-pyrrole nitrogens is 2. The highest BCUT2D eigenvalue weighted by Gasteiger charge is 2.34. The minimum absolute atomic E-state index is 0.128. The molecule has 178 valence electrons. The van der Waals surface area contributed by atoms with E-state index in [1.54, 1.807) is 0 Å². The number of nitrogens with zero attached hydrogens (tertiary/aromatic N) is 6. The van der Waals surface area contributed by atoms with Gasteiger partial charge in [-0.25, -0.2) is 10.1 Å². The van der Waals surface area contributed by atoms with Crippen molar-refractivity contribution < 1.29 is 4.79 Å². The van der Waals surface area contributed by atoms with Crippen LogP contribution in [0.2, 0.25) is 0 Å². The number of fused-ring (bicyclic) bond motifs is 1. The second kappa shape index (κ2) is 9.03. The van der Waals surface area contributed by atoms with Gasteiger partial charge in [-0.15, -0.1) is 0 Å². The van der Waals surface area contributed by atoms with Crippen LogP contribution in [-0.4, -0.2) is 53.8 Å². The molecule has 3 aromatic rings. The summed E-state index contributed by atoms with van der Waals surface area (Å²) in [4.78, 5) is 28.7. The van der Waals surface area contributed by atoms with Gasteiger partial charge in [0.25, 0.3) is 0 Å². The van der Waals surface area contributed by atoms with Gasteiger partial charge in [0.05, 0.1) is 5.69 Å². The maximum Gasteiger partial charge on any atom is 0.249 e. The average molecular weight is 463 g/mol.